The molecule has 0 bridgehead atoms. The van der Waals surface area contributed by atoms with E-state index in [2.05, 4.69) is 4.99 Å². The fourth-order valence-electron chi connectivity index (χ4n) is 0.733. The second-order valence-electron chi connectivity index (χ2n) is 2.09. The summed E-state index contributed by atoms with van der Waals surface area (Å²) in [5.74, 6) is -0.271. The first-order valence-electron chi connectivity index (χ1n) is 3.09. The van der Waals surface area contributed by atoms with Gasteiger partial charge in [0.15, 0.2) is 0 Å². The van der Waals surface area contributed by atoms with E-state index in [1.165, 1.54) is 12.1 Å². The second kappa shape index (κ2) is 3.01. The van der Waals surface area contributed by atoms with E-state index in [4.69, 9.17) is 11.5 Å². The summed E-state index contributed by atoms with van der Waals surface area (Å²) in [5.41, 5.74) is 10.8. The van der Waals surface area contributed by atoms with E-state index in [0.29, 0.717) is 5.69 Å². The molecule has 3 nitrogen and oxygen atoms in total. The van der Waals surface area contributed by atoms with E-state index in [1.54, 1.807) is 12.1 Å². The van der Waals surface area contributed by atoms with Gasteiger partial charge in [-0.2, -0.15) is 0 Å². The molecule has 1 aromatic rings. The lowest BCUT2D eigenvalue weighted by Gasteiger charge is -1.90. The average Bonchev–Trinajstić information content (AvgIpc) is 1.85. The lowest BCUT2D eigenvalue weighted by atomic mass is 10.3. The van der Waals surface area contributed by atoms with E-state index in [-0.39, 0.29) is 11.8 Å². The van der Waals surface area contributed by atoms with Crippen LogP contribution in [0.1, 0.15) is 0 Å². The predicted octanol–water partition coefficient (Wildman–Crippen LogP) is -1.19. The van der Waals surface area contributed by atoms with Crippen LogP contribution in [0.5, 0.6) is 0 Å². The Bertz CT molecular complexity index is 279. The molecule has 0 aromatic heterocycles. The number of nitrogens with one attached hydrogen (secondary N) is 1. The molecule has 5 N–H and O–H groups in total. The normalized spacial score (nSPS) is 9.18. The number of hydrogen-bond acceptors (Lipinski definition) is 0. The lowest BCUT2D eigenvalue weighted by molar-refractivity contribution is -0.356. The van der Waals surface area contributed by atoms with Gasteiger partial charge in [0.05, 0.1) is 0 Å². The van der Waals surface area contributed by atoms with Crippen molar-refractivity contribution < 1.29 is 9.38 Å². The van der Waals surface area contributed by atoms with Crippen molar-refractivity contribution in [3.05, 3.63) is 30.1 Å². The van der Waals surface area contributed by atoms with Crippen molar-refractivity contribution in [2.75, 3.05) is 0 Å². The summed E-state index contributed by atoms with van der Waals surface area (Å²) < 4.78 is 12.5. The average molecular weight is 154 g/mol. The van der Waals surface area contributed by atoms with Gasteiger partial charge in [0.1, 0.15) is 11.5 Å². The Hall–Kier alpha value is -1.58. The lowest BCUT2D eigenvalue weighted by Crippen LogP contribution is -2.72. The molecule has 0 aliphatic carbocycles. The maximum atomic E-state index is 12.5. The van der Waals surface area contributed by atoms with Crippen LogP contribution in [-0.2, 0) is 0 Å². The standard InChI is InChI=1S/C7H8FN3/c8-5-2-1-3-6(4-5)11-7(9)10/h1-4H,(H4,9,10,11)/p+1. The molecule has 0 saturated carbocycles. The fraction of sp³-hybridized carbons (Fsp3) is 0. The van der Waals surface area contributed by atoms with Crippen molar-refractivity contribution in [3.8, 4) is 0 Å². The Morgan fingerprint density at radius 1 is 1.36 bits per heavy atom. The van der Waals surface area contributed by atoms with Crippen LogP contribution >= 0.6 is 0 Å². The number of halogens is 1. The number of nitrogens with two attached hydrogens (primary N) is 2. The maximum absolute atomic E-state index is 12.5. The van der Waals surface area contributed by atoms with Crippen LogP contribution in [0.4, 0.5) is 10.1 Å². The van der Waals surface area contributed by atoms with Gasteiger partial charge in [0.25, 0.3) is 0 Å². The Kier molecular flexibility index (Phi) is 2.06. The number of hydrogen-bond donors (Lipinski definition) is 3. The maximum Gasteiger partial charge on any atom is 0.343 e. The van der Waals surface area contributed by atoms with Gasteiger partial charge < -0.3 is 0 Å². The third-order valence-corrected chi connectivity index (χ3v) is 1.11. The fourth-order valence-corrected chi connectivity index (χ4v) is 0.733. The molecule has 0 saturated heterocycles. The van der Waals surface area contributed by atoms with Gasteiger partial charge in [-0.05, 0) is 12.1 Å². The van der Waals surface area contributed by atoms with Gasteiger partial charge in [0, 0.05) is 6.07 Å². The quantitative estimate of drug-likeness (QED) is 0.352. The molecule has 0 unspecified atom stereocenters. The molecule has 0 atom stereocenters. The molecular weight excluding hydrogens is 145 g/mol. The molecule has 0 spiro atoms. The number of benzene rings is 1. The molecule has 0 radical (unpaired) electrons. The minimum absolute atomic E-state index is 0.0515. The van der Waals surface area contributed by atoms with Crippen molar-refractivity contribution in [2.45, 2.75) is 0 Å². The van der Waals surface area contributed by atoms with Crippen LogP contribution in [0.15, 0.2) is 24.3 Å². The van der Waals surface area contributed by atoms with E-state index < -0.39 is 0 Å². The topological polar surface area (TPSA) is 66.0 Å². The van der Waals surface area contributed by atoms with Crippen LogP contribution in [0.25, 0.3) is 0 Å². The Balaban J connectivity index is 2.97. The number of guanidine groups is 1. The van der Waals surface area contributed by atoms with Gasteiger partial charge in [-0.3, -0.25) is 11.5 Å². The van der Waals surface area contributed by atoms with Gasteiger partial charge in [0.2, 0.25) is 0 Å². The highest BCUT2D eigenvalue weighted by molar-refractivity contribution is 5.70. The molecule has 1 rings (SSSR count). The van der Waals surface area contributed by atoms with Crippen molar-refractivity contribution in [2.24, 2.45) is 11.5 Å². The molecule has 0 amide bonds. The predicted molar refractivity (Wildman–Crippen MR) is 40.4 cm³/mol. The molecule has 0 aliphatic rings. The zero-order chi connectivity index (χ0) is 8.27. The summed E-state index contributed by atoms with van der Waals surface area (Å²) >= 11 is 0. The summed E-state index contributed by atoms with van der Waals surface area (Å²) in [5, 5.41) is 0. The smallest absolute Gasteiger partial charge is 0.291 e. The van der Waals surface area contributed by atoms with Crippen LogP contribution in [-0.4, -0.2) is 5.96 Å². The van der Waals surface area contributed by atoms with E-state index in [1.807, 2.05) is 0 Å². The monoisotopic (exact) mass is 154 g/mol. The summed E-state index contributed by atoms with van der Waals surface area (Å²) in [4.78, 5) is 2.58. The number of rotatable bonds is 1. The zero-order valence-electron chi connectivity index (χ0n) is 5.84. The van der Waals surface area contributed by atoms with Crippen molar-refractivity contribution >= 4 is 11.6 Å². The summed E-state index contributed by atoms with van der Waals surface area (Å²) in [6.45, 7) is 0. The van der Waals surface area contributed by atoms with Gasteiger partial charge >= 0.3 is 5.96 Å². The highest BCUT2D eigenvalue weighted by Crippen LogP contribution is 2.01. The summed E-state index contributed by atoms with van der Waals surface area (Å²) in [6.07, 6.45) is 0. The molecule has 0 heterocycles. The van der Waals surface area contributed by atoms with Crippen molar-refractivity contribution in [1.82, 2.24) is 0 Å². The first kappa shape index (κ1) is 7.53. The summed E-state index contributed by atoms with van der Waals surface area (Å²) in [6, 6.07) is 5.89. The van der Waals surface area contributed by atoms with Crippen LogP contribution in [0.3, 0.4) is 0 Å². The molecular formula is C7H9FN3+. The van der Waals surface area contributed by atoms with Gasteiger partial charge in [-0.15, -0.1) is 0 Å². The molecule has 58 valence electrons. The van der Waals surface area contributed by atoms with E-state index >= 15 is 0 Å². The molecule has 11 heavy (non-hydrogen) atoms. The Labute approximate surface area is 63.5 Å². The van der Waals surface area contributed by atoms with Crippen molar-refractivity contribution in [3.63, 3.8) is 0 Å². The third kappa shape index (κ3) is 2.25. The molecule has 0 aliphatic heterocycles. The van der Waals surface area contributed by atoms with Gasteiger partial charge in [-0.25, -0.2) is 9.38 Å². The highest BCUT2D eigenvalue weighted by atomic mass is 19.1. The molecule has 4 heteroatoms. The summed E-state index contributed by atoms with van der Waals surface area (Å²) in [7, 11) is 0. The molecule has 1 aromatic carbocycles. The Morgan fingerprint density at radius 2 is 2.09 bits per heavy atom. The third-order valence-electron chi connectivity index (χ3n) is 1.11. The highest BCUT2D eigenvalue weighted by Gasteiger charge is 1.93. The Morgan fingerprint density at radius 3 is 2.64 bits per heavy atom. The first-order valence-corrected chi connectivity index (χ1v) is 3.09. The van der Waals surface area contributed by atoms with Crippen LogP contribution < -0.4 is 16.5 Å². The second-order valence-corrected chi connectivity index (χ2v) is 2.09. The molecule has 0 fully saturated rings. The minimum atomic E-state index is -0.323. The van der Waals surface area contributed by atoms with Crippen LogP contribution in [0.2, 0.25) is 0 Å². The van der Waals surface area contributed by atoms with E-state index in [0.717, 1.165) is 0 Å². The van der Waals surface area contributed by atoms with Crippen LogP contribution in [0, 0.1) is 5.82 Å². The van der Waals surface area contributed by atoms with E-state index in [9.17, 15) is 4.39 Å². The largest absolute Gasteiger partial charge is 0.343 e. The SMILES string of the molecule is NC(N)=[NH+]c1cccc(F)c1. The zero-order valence-corrected chi connectivity index (χ0v) is 5.84. The van der Waals surface area contributed by atoms with Crippen molar-refractivity contribution in [1.29, 1.82) is 0 Å². The first-order chi connectivity index (χ1) is 5.18. The minimum Gasteiger partial charge on any atom is -0.291 e. The van der Waals surface area contributed by atoms with Gasteiger partial charge in [-0.1, -0.05) is 6.07 Å².